The van der Waals surface area contributed by atoms with E-state index in [2.05, 4.69) is 5.32 Å². The Hall–Kier alpha value is -3.89. The van der Waals surface area contributed by atoms with Gasteiger partial charge in [0.2, 0.25) is 0 Å². The Morgan fingerprint density at radius 2 is 1.85 bits per heavy atom. The van der Waals surface area contributed by atoms with E-state index in [1.54, 1.807) is 36.6 Å². The molecular formula is C23H16ClFN4O4S. The third-order valence-corrected chi connectivity index (χ3v) is 5.91. The number of aromatic nitrogens is 1. The Balaban J connectivity index is 1.77. The summed E-state index contributed by atoms with van der Waals surface area (Å²) in [4.78, 5) is 37.6. The number of carbonyl (C=O) groups excluding carboxylic acids is 2. The van der Waals surface area contributed by atoms with E-state index in [9.17, 15) is 24.1 Å². The normalized spacial score (nSPS) is 15.1. The summed E-state index contributed by atoms with van der Waals surface area (Å²) in [7, 11) is 0. The van der Waals surface area contributed by atoms with Crippen molar-refractivity contribution in [2.45, 2.75) is 13.8 Å². The molecule has 1 aromatic heterocycles. The van der Waals surface area contributed by atoms with Crippen molar-refractivity contribution in [3.8, 4) is 5.69 Å². The highest BCUT2D eigenvalue weighted by Crippen LogP contribution is 2.29. The number of nitrogens with zero attached hydrogens (tertiary/aromatic N) is 3. The number of benzene rings is 2. The van der Waals surface area contributed by atoms with Crippen molar-refractivity contribution < 1.29 is 18.9 Å². The van der Waals surface area contributed by atoms with Gasteiger partial charge in [-0.3, -0.25) is 29.9 Å². The molecule has 0 spiro atoms. The predicted octanol–water partition coefficient (Wildman–Crippen LogP) is 4.63. The summed E-state index contributed by atoms with van der Waals surface area (Å²) in [5, 5.41) is 13.3. The molecule has 1 fully saturated rings. The van der Waals surface area contributed by atoms with Crippen molar-refractivity contribution >= 4 is 58.2 Å². The van der Waals surface area contributed by atoms with Crippen LogP contribution in [-0.2, 0) is 9.59 Å². The molecule has 3 aromatic rings. The molecule has 0 saturated carbocycles. The molecule has 11 heteroatoms. The molecule has 8 nitrogen and oxygen atoms in total. The fraction of sp³-hybridized carbons (Fsp3) is 0.0870. The Kier molecular flexibility index (Phi) is 6.03. The molecule has 172 valence electrons. The van der Waals surface area contributed by atoms with Crippen molar-refractivity contribution in [1.82, 2.24) is 9.88 Å². The lowest BCUT2D eigenvalue weighted by Crippen LogP contribution is -2.54. The van der Waals surface area contributed by atoms with Crippen LogP contribution in [0.15, 0.2) is 54.1 Å². The van der Waals surface area contributed by atoms with E-state index >= 15 is 0 Å². The maximum Gasteiger partial charge on any atom is 0.271 e. The topological polar surface area (TPSA) is 97.5 Å². The molecule has 2 aromatic carbocycles. The lowest BCUT2D eigenvalue weighted by Gasteiger charge is -2.29. The molecule has 1 N–H and O–H groups in total. The average Bonchev–Trinajstić information content (AvgIpc) is 3.06. The van der Waals surface area contributed by atoms with Gasteiger partial charge < -0.3 is 4.57 Å². The van der Waals surface area contributed by atoms with Crippen molar-refractivity contribution in [3.05, 3.63) is 92.0 Å². The SMILES string of the molecule is Cc1cc(/C=C2\C(=O)NC(=S)N(c3ccc(F)c(Cl)c3)C2=O)c(C)n1-c1cccc([N+](=O)[O-])c1. The number of thiocarbonyl (C=S) groups is 1. The first kappa shape index (κ1) is 23.3. The largest absolute Gasteiger partial charge is 0.318 e. The molecule has 34 heavy (non-hydrogen) atoms. The highest BCUT2D eigenvalue weighted by atomic mass is 35.5. The zero-order valence-corrected chi connectivity index (χ0v) is 19.4. The number of rotatable bonds is 4. The number of amides is 2. The summed E-state index contributed by atoms with van der Waals surface area (Å²) in [6.45, 7) is 3.57. The molecule has 2 heterocycles. The first-order chi connectivity index (χ1) is 16.1. The van der Waals surface area contributed by atoms with Gasteiger partial charge in [-0.05, 0) is 68.0 Å². The van der Waals surface area contributed by atoms with Crippen LogP contribution in [0, 0.1) is 29.8 Å². The molecular weight excluding hydrogens is 483 g/mol. The number of nitrogens with one attached hydrogen (secondary N) is 1. The Labute approximate surface area is 203 Å². The van der Waals surface area contributed by atoms with E-state index in [-0.39, 0.29) is 27.1 Å². The number of halogens is 2. The summed E-state index contributed by atoms with van der Waals surface area (Å²) in [6, 6.07) is 11.6. The summed E-state index contributed by atoms with van der Waals surface area (Å²) in [5.74, 6) is -2.04. The van der Waals surface area contributed by atoms with Gasteiger partial charge in [0.15, 0.2) is 5.11 Å². The van der Waals surface area contributed by atoms with Crippen LogP contribution in [0.5, 0.6) is 0 Å². The number of anilines is 1. The van der Waals surface area contributed by atoms with E-state index in [4.69, 9.17) is 23.8 Å². The third-order valence-electron chi connectivity index (χ3n) is 5.33. The maximum absolute atomic E-state index is 13.6. The molecule has 0 unspecified atom stereocenters. The van der Waals surface area contributed by atoms with E-state index in [1.165, 1.54) is 30.3 Å². The van der Waals surface area contributed by atoms with E-state index in [0.29, 0.717) is 16.9 Å². The fourth-order valence-electron chi connectivity index (χ4n) is 3.75. The first-order valence-electron chi connectivity index (χ1n) is 9.88. The first-order valence-corrected chi connectivity index (χ1v) is 10.7. The van der Waals surface area contributed by atoms with Gasteiger partial charge in [-0.25, -0.2) is 4.39 Å². The van der Waals surface area contributed by atoms with Crippen LogP contribution in [-0.4, -0.2) is 26.4 Å². The van der Waals surface area contributed by atoms with Gasteiger partial charge >= 0.3 is 0 Å². The lowest BCUT2D eigenvalue weighted by molar-refractivity contribution is -0.384. The molecule has 1 saturated heterocycles. The maximum atomic E-state index is 13.6. The van der Waals surface area contributed by atoms with Gasteiger partial charge in [-0.15, -0.1) is 0 Å². The molecule has 0 atom stereocenters. The van der Waals surface area contributed by atoms with Crippen LogP contribution in [0.1, 0.15) is 17.0 Å². The Morgan fingerprint density at radius 3 is 2.53 bits per heavy atom. The molecule has 2 amide bonds. The molecule has 1 aliphatic rings. The Morgan fingerprint density at radius 1 is 1.12 bits per heavy atom. The van der Waals surface area contributed by atoms with Gasteiger partial charge in [0.05, 0.1) is 21.3 Å². The number of nitro groups is 1. The van der Waals surface area contributed by atoms with E-state index < -0.39 is 22.6 Å². The van der Waals surface area contributed by atoms with E-state index in [1.807, 2.05) is 0 Å². The zero-order valence-electron chi connectivity index (χ0n) is 17.8. The number of nitro benzene ring substituents is 1. The van der Waals surface area contributed by atoms with E-state index in [0.717, 1.165) is 16.7 Å². The van der Waals surface area contributed by atoms with Crippen LogP contribution in [0.3, 0.4) is 0 Å². The van der Waals surface area contributed by atoms with Crippen molar-refractivity contribution in [3.63, 3.8) is 0 Å². The fourth-order valence-corrected chi connectivity index (χ4v) is 4.20. The number of aryl methyl sites for hydroxylation is 1. The van der Waals surface area contributed by atoms with Gasteiger partial charge in [0.25, 0.3) is 17.5 Å². The minimum Gasteiger partial charge on any atom is -0.318 e. The number of carbonyl (C=O) groups is 2. The number of hydrogen-bond acceptors (Lipinski definition) is 5. The van der Waals surface area contributed by atoms with Gasteiger partial charge in [0, 0.05) is 23.5 Å². The minimum atomic E-state index is -0.698. The van der Waals surface area contributed by atoms with Crippen LogP contribution in [0.2, 0.25) is 5.02 Å². The van der Waals surface area contributed by atoms with Gasteiger partial charge in [-0.2, -0.15) is 0 Å². The summed E-state index contributed by atoms with van der Waals surface area (Å²) >= 11 is 11.0. The second-order valence-electron chi connectivity index (χ2n) is 7.50. The Bertz CT molecular complexity index is 1430. The number of hydrogen-bond donors (Lipinski definition) is 1. The summed E-state index contributed by atoms with van der Waals surface area (Å²) in [5.41, 5.74) is 2.49. The highest BCUT2D eigenvalue weighted by molar-refractivity contribution is 7.80. The number of non-ortho nitro benzene ring substituents is 1. The lowest BCUT2D eigenvalue weighted by atomic mass is 10.1. The van der Waals surface area contributed by atoms with Crippen LogP contribution < -0.4 is 10.2 Å². The van der Waals surface area contributed by atoms with Crippen molar-refractivity contribution in [1.29, 1.82) is 0 Å². The smallest absolute Gasteiger partial charge is 0.271 e. The van der Waals surface area contributed by atoms with Gasteiger partial charge in [-0.1, -0.05) is 17.7 Å². The van der Waals surface area contributed by atoms with Crippen LogP contribution in [0.4, 0.5) is 15.8 Å². The summed E-state index contributed by atoms with van der Waals surface area (Å²) < 4.78 is 15.4. The quantitative estimate of drug-likeness (QED) is 0.186. The highest BCUT2D eigenvalue weighted by Gasteiger charge is 2.35. The monoisotopic (exact) mass is 498 g/mol. The van der Waals surface area contributed by atoms with Crippen molar-refractivity contribution in [2.75, 3.05) is 4.90 Å². The zero-order chi connectivity index (χ0) is 24.7. The molecule has 1 aliphatic heterocycles. The summed E-state index contributed by atoms with van der Waals surface area (Å²) in [6.07, 6.45) is 1.42. The van der Waals surface area contributed by atoms with Gasteiger partial charge in [0.1, 0.15) is 11.4 Å². The molecule has 4 rings (SSSR count). The second-order valence-corrected chi connectivity index (χ2v) is 8.29. The minimum absolute atomic E-state index is 0.0612. The van der Waals surface area contributed by atoms with Crippen LogP contribution >= 0.6 is 23.8 Å². The van der Waals surface area contributed by atoms with Crippen LogP contribution in [0.25, 0.3) is 11.8 Å². The third kappa shape index (κ3) is 4.09. The standard InChI is InChI=1S/C23H16ClFN4O4S/c1-12-8-14(13(2)27(12)15-4-3-5-17(10-15)29(32)33)9-18-21(30)26-23(34)28(22(18)31)16-6-7-20(25)19(24)11-16/h3-11H,1-2H3,(H,26,30,34)/b18-9+. The molecule has 0 radical (unpaired) electrons. The average molecular weight is 499 g/mol. The van der Waals surface area contributed by atoms with Crippen molar-refractivity contribution in [2.24, 2.45) is 0 Å². The second kappa shape index (κ2) is 8.81. The molecule has 0 aliphatic carbocycles. The predicted molar refractivity (Wildman–Crippen MR) is 130 cm³/mol. The molecule has 0 bridgehead atoms.